The Kier molecular flexibility index (Phi) is 19.4. The second kappa shape index (κ2) is 22.9. The van der Waals surface area contributed by atoms with E-state index in [0.717, 1.165) is 12.8 Å². The maximum absolute atomic E-state index is 13.0. The highest BCUT2D eigenvalue weighted by Crippen LogP contribution is 2.33. The van der Waals surface area contributed by atoms with Gasteiger partial charge in [-0.2, -0.15) is 0 Å². The van der Waals surface area contributed by atoms with E-state index in [2.05, 4.69) is 0 Å². The molecule has 11 heteroatoms. The summed E-state index contributed by atoms with van der Waals surface area (Å²) in [6.45, 7) is 0. The van der Waals surface area contributed by atoms with E-state index in [4.69, 9.17) is 0 Å². The molecule has 49 heavy (non-hydrogen) atoms. The zero-order valence-electron chi connectivity index (χ0n) is 28.8. The number of carbonyl (C=O) groups is 11. The largest absolute Gasteiger partial charge is 0.300 e. The van der Waals surface area contributed by atoms with Gasteiger partial charge in [0.25, 0.3) is 0 Å². The summed E-state index contributed by atoms with van der Waals surface area (Å²) in [5, 5.41) is 0. The van der Waals surface area contributed by atoms with Gasteiger partial charge in [0, 0.05) is 140 Å². The fourth-order valence-corrected chi connectivity index (χ4v) is 6.36. The zero-order valence-corrected chi connectivity index (χ0v) is 28.8. The van der Waals surface area contributed by atoms with Crippen molar-refractivity contribution < 1.29 is 52.7 Å². The van der Waals surface area contributed by atoms with Crippen molar-refractivity contribution in [1.29, 1.82) is 0 Å². The van der Waals surface area contributed by atoms with Gasteiger partial charge in [0.2, 0.25) is 0 Å². The molecule has 0 aliphatic heterocycles. The number of rotatable bonds is 0. The summed E-state index contributed by atoms with van der Waals surface area (Å²) >= 11 is 0. The third-order valence-corrected chi connectivity index (χ3v) is 9.58. The van der Waals surface area contributed by atoms with Crippen LogP contribution < -0.4 is 0 Å². The van der Waals surface area contributed by atoms with Crippen LogP contribution in [0.1, 0.15) is 161 Å². The molecule has 0 aromatic rings. The summed E-state index contributed by atoms with van der Waals surface area (Å²) in [6, 6.07) is 0. The van der Waals surface area contributed by atoms with E-state index in [1.165, 1.54) is 0 Å². The van der Waals surface area contributed by atoms with Gasteiger partial charge in [-0.1, -0.05) is 12.8 Å². The average Bonchev–Trinajstić information content (AvgIpc) is 3.09. The summed E-state index contributed by atoms with van der Waals surface area (Å²) in [4.78, 5) is 136. The van der Waals surface area contributed by atoms with E-state index in [1.807, 2.05) is 0 Å². The van der Waals surface area contributed by atoms with Gasteiger partial charge in [0.1, 0.15) is 63.6 Å². The van der Waals surface area contributed by atoms with E-state index in [1.54, 1.807) is 0 Å². The van der Waals surface area contributed by atoms with Crippen LogP contribution in [0.5, 0.6) is 0 Å². The first-order valence-corrected chi connectivity index (χ1v) is 18.0. The minimum absolute atomic E-state index is 0.00457. The number of hydrogen-bond donors (Lipinski definition) is 0. The number of ketones is 11. The van der Waals surface area contributed by atoms with Crippen molar-refractivity contribution in [1.82, 2.24) is 0 Å². The fraction of sp³-hybridized carbons (Fsp3) is 0.711. The molecule has 2 rings (SSSR count). The van der Waals surface area contributed by atoms with Gasteiger partial charge in [0.15, 0.2) is 0 Å². The van der Waals surface area contributed by atoms with Crippen molar-refractivity contribution >= 4 is 63.6 Å². The standard InChI is InChI=1S/C38H52O11/c39-26-4-3-5-27(40)9-11-33(46)22-24-37(48)35-6-1-2-7-36(35)38(49)25-23-34(47)21-20-32(45)19-18-31(44)17-16-30(43)15-14-29(42)13-12-28(41)10-8-26/h35-36H,1-25H2. The van der Waals surface area contributed by atoms with E-state index in [-0.39, 0.29) is 192 Å². The normalized spacial score (nSPS) is 25.2. The number of hydrogen-bond acceptors (Lipinski definition) is 11. The highest BCUT2D eigenvalue weighted by atomic mass is 16.2. The van der Waals surface area contributed by atoms with Gasteiger partial charge >= 0.3 is 0 Å². The number of carbonyl (C=O) groups excluding carboxylic acids is 11. The first-order valence-electron chi connectivity index (χ1n) is 18.0. The molecule has 0 spiro atoms. The monoisotopic (exact) mass is 684 g/mol. The smallest absolute Gasteiger partial charge is 0.137 e. The molecule has 0 radical (unpaired) electrons. The van der Waals surface area contributed by atoms with E-state index >= 15 is 0 Å². The Hall–Kier alpha value is -3.63. The maximum Gasteiger partial charge on any atom is 0.137 e. The van der Waals surface area contributed by atoms with Crippen molar-refractivity contribution in [3.05, 3.63) is 0 Å². The molecule has 2 saturated carbocycles. The van der Waals surface area contributed by atoms with Gasteiger partial charge in [-0.05, 0) is 19.3 Å². The Labute approximate surface area is 288 Å². The number of Topliss-reactive ketones (excluding diaryl/α,β-unsaturated/α-hetero) is 11. The predicted octanol–water partition coefficient (Wildman–Crippen LogP) is 5.26. The topological polar surface area (TPSA) is 188 Å². The molecule has 270 valence electrons. The summed E-state index contributed by atoms with van der Waals surface area (Å²) in [5.74, 6) is -3.44. The van der Waals surface area contributed by atoms with Crippen LogP contribution in [0.15, 0.2) is 0 Å². The quantitative estimate of drug-likeness (QED) is 0.324. The summed E-state index contributed by atoms with van der Waals surface area (Å²) in [5.41, 5.74) is 0. The number of fused-ring (bicyclic) bond motifs is 1. The molecule has 2 fully saturated rings. The lowest BCUT2D eigenvalue weighted by Gasteiger charge is -2.29. The molecule has 0 saturated heterocycles. The molecular formula is C38H52O11. The Bertz CT molecular complexity index is 1270. The van der Waals surface area contributed by atoms with Crippen molar-refractivity contribution in [3.63, 3.8) is 0 Å². The lowest BCUT2D eigenvalue weighted by molar-refractivity contribution is -0.135. The van der Waals surface area contributed by atoms with Crippen LogP contribution in [0.4, 0.5) is 0 Å². The van der Waals surface area contributed by atoms with Crippen molar-refractivity contribution in [3.8, 4) is 0 Å². The average molecular weight is 685 g/mol. The SMILES string of the molecule is O=C1CCCC(=O)CCC(=O)CCC(=O)C2CCCCC2C(=O)CCC(=O)CCC(=O)CCC(=O)CCC(=O)CCC(=O)CCC(=O)CC1. The van der Waals surface area contributed by atoms with Crippen LogP contribution in [0.3, 0.4) is 0 Å². The second-order valence-corrected chi connectivity index (χ2v) is 13.6. The van der Waals surface area contributed by atoms with Crippen LogP contribution in [-0.4, -0.2) is 63.6 Å². The molecule has 2 atom stereocenters. The summed E-state index contributed by atoms with van der Waals surface area (Å²) in [7, 11) is 0. The fourth-order valence-electron chi connectivity index (χ4n) is 6.36. The van der Waals surface area contributed by atoms with Gasteiger partial charge in [0.05, 0.1) is 0 Å². The van der Waals surface area contributed by atoms with Crippen LogP contribution >= 0.6 is 0 Å². The van der Waals surface area contributed by atoms with Crippen LogP contribution in [0.25, 0.3) is 0 Å². The lowest BCUT2D eigenvalue weighted by atomic mass is 9.73. The molecule has 0 aromatic heterocycles. The van der Waals surface area contributed by atoms with Crippen LogP contribution in [-0.2, 0) is 52.7 Å². The molecule has 2 aliphatic carbocycles. The highest BCUT2D eigenvalue weighted by Gasteiger charge is 2.35. The van der Waals surface area contributed by atoms with E-state index in [0.29, 0.717) is 19.3 Å². The Morgan fingerprint density at radius 2 is 0.408 bits per heavy atom. The minimum Gasteiger partial charge on any atom is -0.300 e. The zero-order chi connectivity index (χ0) is 36.2. The second-order valence-electron chi connectivity index (χ2n) is 13.6. The molecular weight excluding hydrogens is 632 g/mol. The summed E-state index contributed by atoms with van der Waals surface area (Å²) in [6.07, 6.45) is 2.67. The van der Waals surface area contributed by atoms with Gasteiger partial charge in [-0.15, -0.1) is 0 Å². The predicted molar refractivity (Wildman–Crippen MR) is 177 cm³/mol. The Morgan fingerprint density at radius 1 is 0.224 bits per heavy atom. The maximum atomic E-state index is 13.0. The third-order valence-electron chi connectivity index (χ3n) is 9.58. The lowest BCUT2D eigenvalue weighted by Crippen LogP contribution is -2.33. The van der Waals surface area contributed by atoms with Crippen molar-refractivity contribution in [2.24, 2.45) is 11.8 Å². The highest BCUT2D eigenvalue weighted by molar-refractivity contribution is 5.95. The van der Waals surface area contributed by atoms with Gasteiger partial charge in [-0.3, -0.25) is 52.7 Å². The Morgan fingerprint density at radius 3 is 0.633 bits per heavy atom. The molecule has 0 aromatic carbocycles. The van der Waals surface area contributed by atoms with Crippen LogP contribution in [0.2, 0.25) is 0 Å². The summed E-state index contributed by atoms with van der Waals surface area (Å²) < 4.78 is 0. The molecule has 0 bridgehead atoms. The molecule has 0 N–H and O–H groups in total. The van der Waals surface area contributed by atoms with Crippen molar-refractivity contribution in [2.45, 2.75) is 161 Å². The van der Waals surface area contributed by atoms with Crippen LogP contribution in [0, 0.1) is 11.8 Å². The third kappa shape index (κ3) is 18.1. The molecule has 0 heterocycles. The molecule has 0 amide bonds. The van der Waals surface area contributed by atoms with E-state index in [9.17, 15) is 52.7 Å². The van der Waals surface area contributed by atoms with Gasteiger partial charge < -0.3 is 0 Å². The van der Waals surface area contributed by atoms with Crippen molar-refractivity contribution in [2.75, 3.05) is 0 Å². The first kappa shape index (κ1) is 41.5. The molecule has 11 nitrogen and oxygen atoms in total. The van der Waals surface area contributed by atoms with Gasteiger partial charge in [-0.25, -0.2) is 0 Å². The minimum atomic E-state index is -0.505. The Balaban J connectivity index is 1.93. The van der Waals surface area contributed by atoms with E-state index < -0.39 is 11.8 Å². The first-order chi connectivity index (χ1) is 23.3. The molecule has 2 aliphatic rings. The molecule has 2 unspecified atom stereocenters.